The number of alkyl carbamates (subject to hydrolysis) is 1. The molecule has 0 bridgehead atoms. The number of ether oxygens (including phenoxy) is 2. The molecule has 2 aromatic carbocycles. The molecule has 32 heavy (non-hydrogen) atoms. The Bertz CT molecular complexity index is 1140. The Morgan fingerprint density at radius 2 is 2.09 bits per heavy atom. The lowest BCUT2D eigenvalue weighted by Crippen LogP contribution is -2.60. The molecule has 2 aliphatic heterocycles. The maximum absolute atomic E-state index is 12.1. The Morgan fingerprint density at radius 3 is 2.88 bits per heavy atom. The molecule has 2 fully saturated rings. The number of nitrogens with one attached hydrogen (secondary N) is 1. The van der Waals surface area contributed by atoms with Gasteiger partial charge in [0.1, 0.15) is 11.6 Å². The second kappa shape index (κ2) is 8.63. The normalized spacial score (nSPS) is 18.5. The third-order valence-electron chi connectivity index (χ3n) is 5.95. The van der Waals surface area contributed by atoms with E-state index in [4.69, 9.17) is 19.4 Å². The number of fused-ring (bicyclic) bond motifs is 1. The number of benzene rings is 2. The van der Waals surface area contributed by atoms with Gasteiger partial charge in [0.05, 0.1) is 30.3 Å². The van der Waals surface area contributed by atoms with Crippen LogP contribution in [0.3, 0.4) is 0 Å². The highest BCUT2D eigenvalue weighted by Gasteiger charge is 2.31. The summed E-state index contributed by atoms with van der Waals surface area (Å²) >= 11 is 0. The van der Waals surface area contributed by atoms with Crippen LogP contribution in [0.5, 0.6) is 5.75 Å². The largest absolute Gasteiger partial charge is 0.507 e. The first-order valence-corrected chi connectivity index (χ1v) is 10.9. The van der Waals surface area contributed by atoms with Crippen LogP contribution in [0.2, 0.25) is 0 Å². The van der Waals surface area contributed by atoms with Gasteiger partial charge in [-0.2, -0.15) is 0 Å². The maximum Gasteiger partial charge on any atom is 0.407 e. The fourth-order valence-electron chi connectivity index (χ4n) is 4.11. The van der Waals surface area contributed by atoms with Gasteiger partial charge in [-0.3, -0.25) is 0 Å². The van der Waals surface area contributed by atoms with E-state index in [0.717, 1.165) is 35.3 Å². The van der Waals surface area contributed by atoms with Crippen molar-refractivity contribution >= 4 is 22.8 Å². The standard InChI is InChI=1S/C24H26N4O4/c1-15-6-7-18-20(10-15)26-22(19-4-2-3-5-21(19)29)27-23(18)28-11-17(12-28)25-24(30)32-14-16-8-9-31-13-16/h2-7,10,16-17,29H,8-9,11-14H2,1H3,(H,25,30). The van der Waals surface area contributed by atoms with Crippen molar-refractivity contribution in [3.05, 3.63) is 48.0 Å². The molecule has 3 heterocycles. The van der Waals surface area contributed by atoms with Gasteiger partial charge in [0, 0.05) is 31.0 Å². The van der Waals surface area contributed by atoms with Crippen molar-refractivity contribution in [1.82, 2.24) is 15.3 Å². The van der Waals surface area contributed by atoms with E-state index in [1.54, 1.807) is 12.1 Å². The number of hydrogen-bond acceptors (Lipinski definition) is 7. The number of aromatic nitrogens is 2. The third kappa shape index (κ3) is 4.18. The number of para-hydroxylation sites is 1. The van der Waals surface area contributed by atoms with Crippen molar-refractivity contribution in [2.24, 2.45) is 5.92 Å². The highest BCUT2D eigenvalue weighted by Crippen LogP contribution is 2.33. The summed E-state index contributed by atoms with van der Waals surface area (Å²) in [7, 11) is 0. The molecule has 3 aromatic rings. The minimum absolute atomic E-state index is 0.00799. The number of carbonyl (C=O) groups is 1. The van der Waals surface area contributed by atoms with Crippen molar-refractivity contribution < 1.29 is 19.4 Å². The number of carbonyl (C=O) groups excluding carboxylic acids is 1. The SMILES string of the molecule is Cc1ccc2c(N3CC(NC(=O)OCC4CCOC4)C3)nc(-c3ccccc3O)nc2c1. The molecular formula is C24H26N4O4. The highest BCUT2D eigenvalue weighted by molar-refractivity contribution is 5.92. The van der Waals surface area contributed by atoms with Gasteiger partial charge in [0.25, 0.3) is 0 Å². The fraction of sp³-hybridized carbons (Fsp3) is 0.375. The quantitative estimate of drug-likeness (QED) is 0.636. The van der Waals surface area contributed by atoms with Crippen molar-refractivity contribution in [3.63, 3.8) is 0 Å². The summed E-state index contributed by atoms with van der Waals surface area (Å²) in [5.74, 6) is 1.71. The predicted molar refractivity (Wildman–Crippen MR) is 121 cm³/mol. The van der Waals surface area contributed by atoms with E-state index in [1.807, 2.05) is 37.3 Å². The van der Waals surface area contributed by atoms with E-state index in [-0.39, 0.29) is 17.9 Å². The van der Waals surface area contributed by atoms with E-state index in [9.17, 15) is 9.90 Å². The molecule has 1 unspecified atom stereocenters. The van der Waals surface area contributed by atoms with Gasteiger partial charge < -0.3 is 24.8 Å². The molecule has 5 rings (SSSR count). The van der Waals surface area contributed by atoms with Gasteiger partial charge in [0.15, 0.2) is 5.82 Å². The van der Waals surface area contributed by atoms with Crippen LogP contribution < -0.4 is 10.2 Å². The molecule has 1 aromatic heterocycles. The van der Waals surface area contributed by atoms with Gasteiger partial charge in [-0.05, 0) is 43.2 Å². The average Bonchev–Trinajstić information content (AvgIpc) is 3.28. The monoisotopic (exact) mass is 434 g/mol. The number of anilines is 1. The summed E-state index contributed by atoms with van der Waals surface area (Å²) in [6.45, 7) is 5.06. The summed E-state index contributed by atoms with van der Waals surface area (Å²) in [4.78, 5) is 23.7. The lowest BCUT2D eigenvalue weighted by molar-refractivity contribution is 0.113. The summed E-state index contributed by atoms with van der Waals surface area (Å²) in [6.07, 6.45) is 0.545. The molecule has 166 valence electrons. The minimum Gasteiger partial charge on any atom is -0.507 e. The first-order chi connectivity index (χ1) is 15.6. The molecule has 8 heteroatoms. The van der Waals surface area contributed by atoms with E-state index in [0.29, 0.717) is 43.6 Å². The van der Waals surface area contributed by atoms with Crippen molar-refractivity contribution in [3.8, 4) is 17.1 Å². The number of aromatic hydroxyl groups is 1. The molecule has 2 aliphatic rings. The number of nitrogens with zero attached hydrogens (tertiary/aromatic N) is 3. The Balaban J connectivity index is 1.32. The van der Waals surface area contributed by atoms with E-state index in [1.165, 1.54) is 0 Å². The number of rotatable bonds is 5. The van der Waals surface area contributed by atoms with Gasteiger partial charge in [-0.15, -0.1) is 0 Å². The van der Waals surface area contributed by atoms with Crippen LogP contribution in [0, 0.1) is 12.8 Å². The van der Waals surface area contributed by atoms with Crippen LogP contribution in [0.4, 0.5) is 10.6 Å². The summed E-state index contributed by atoms with van der Waals surface area (Å²) in [5.41, 5.74) is 2.51. The number of hydrogen-bond donors (Lipinski definition) is 2. The van der Waals surface area contributed by atoms with Gasteiger partial charge in [-0.25, -0.2) is 14.8 Å². The highest BCUT2D eigenvalue weighted by atomic mass is 16.6. The van der Waals surface area contributed by atoms with Crippen molar-refractivity contribution in [1.29, 1.82) is 0 Å². The number of aryl methyl sites for hydroxylation is 1. The second-order valence-electron chi connectivity index (χ2n) is 8.48. The Hall–Kier alpha value is -3.39. The van der Waals surface area contributed by atoms with Crippen LogP contribution in [0.25, 0.3) is 22.3 Å². The van der Waals surface area contributed by atoms with Crippen LogP contribution in [0.1, 0.15) is 12.0 Å². The lowest BCUT2D eigenvalue weighted by Gasteiger charge is -2.40. The average molecular weight is 434 g/mol. The molecular weight excluding hydrogens is 408 g/mol. The van der Waals surface area contributed by atoms with E-state index >= 15 is 0 Å². The molecule has 2 saturated heterocycles. The van der Waals surface area contributed by atoms with E-state index < -0.39 is 0 Å². The Morgan fingerprint density at radius 1 is 1.25 bits per heavy atom. The first-order valence-electron chi connectivity index (χ1n) is 10.9. The zero-order chi connectivity index (χ0) is 22.1. The summed E-state index contributed by atoms with van der Waals surface area (Å²) in [5, 5.41) is 14.2. The minimum atomic E-state index is -0.389. The fourth-order valence-corrected chi connectivity index (χ4v) is 4.11. The summed E-state index contributed by atoms with van der Waals surface area (Å²) in [6, 6.07) is 13.1. The smallest absolute Gasteiger partial charge is 0.407 e. The number of phenolic OH excluding ortho intramolecular Hbond substituents is 1. The third-order valence-corrected chi connectivity index (χ3v) is 5.95. The maximum atomic E-state index is 12.1. The van der Waals surface area contributed by atoms with Crippen molar-refractivity contribution in [2.45, 2.75) is 19.4 Å². The molecule has 0 saturated carbocycles. The molecule has 0 spiro atoms. The van der Waals surface area contributed by atoms with Gasteiger partial charge in [0.2, 0.25) is 0 Å². The van der Waals surface area contributed by atoms with Gasteiger partial charge >= 0.3 is 6.09 Å². The van der Waals surface area contributed by atoms with Crippen LogP contribution in [0.15, 0.2) is 42.5 Å². The molecule has 0 aliphatic carbocycles. The Labute approximate surface area is 186 Å². The first kappa shape index (κ1) is 20.5. The molecule has 2 N–H and O–H groups in total. The number of amides is 1. The summed E-state index contributed by atoms with van der Waals surface area (Å²) < 4.78 is 10.7. The Kier molecular flexibility index (Phi) is 5.53. The molecule has 1 amide bonds. The molecule has 1 atom stereocenters. The topological polar surface area (TPSA) is 96.8 Å². The van der Waals surface area contributed by atoms with Gasteiger partial charge in [-0.1, -0.05) is 18.2 Å². The second-order valence-corrected chi connectivity index (χ2v) is 8.48. The zero-order valence-electron chi connectivity index (χ0n) is 18.0. The number of phenols is 1. The molecule has 8 nitrogen and oxygen atoms in total. The van der Waals surface area contributed by atoms with Crippen LogP contribution in [-0.4, -0.2) is 60.1 Å². The van der Waals surface area contributed by atoms with Crippen molar-refractivity contribution in [2.75, 3.05) is 37.8 Å². The lowest BCUT2D eigenvalue weighted by atomic mass is 10.1. The van der Waals surface area contributed by atoms with E-state index in [2.05, 4.69) is 10.2 Å². The van der Waals surface area contributed by atoms with Crippen LogP contribution >= 0.6 is 0 Å². The zero-order valence-corrected chi connectivity index (χ0v) is 18.0. The predicted octanol–water partition coefficient (Wildman–Crippen LogP) is 3.26. The van der Waals surface area contributed by atoms with Crippen LogP contribution in [-0.2, 0) is 9.47 Å². The molecule has 0 radical (unpaired) electrons.